The third kappa shape index (κ3) is 3.91. The standard InChI is InChI=1S/C13H15ClN4OS/c1-8-7-20-12(17-8)3-4-16-13(19)9-5-10(14)18-11(6-9)15-2/h5-7H,3-4H2,1-2H3,(H,15,18)(H,16,19). The first-order valence-corrected chi connectivity index (χ1v) is 7.39. The monoisotopic (exact) mass is 310 g/mol. The van der Waals surface area contributed by atoms with Gasteiger partial charge >= 0.3 is 0 Å². The summed E-state index contributed by atoms with van der Waals surface area (Å²) in [6, 6.07) is 3.21. The van der Waals surface area contributed by atoms with Gasteiger partial charge in [0.05, 0.1) is 5.01 Å². The van der Waals surface area contributed by atoms with E-state index in [2.05, 4.69) is 20.6 Å². The van der Waals surface area contributed by atoms with Gasteiger partial charge in [-0.1, -0.05) is 11.6 Å². The molecule has 106 valence electrons. The van der Waals surface area contributed by atoms with E-state index in [1.807, 2.05) is 12.3 Å². The van der Waals surface area contributed by atoms with Gasteiger partial charge in [0.25, 0.3) is 5.91 Å². The van der Waals surface area contributed by atoms with Crippen molar-refractivity contribution in [2.45, 2.75) is 13.3 Å². The maximum Gasteiger partial charge on any atom is 0.251 e. The van der Waals surface area contributed by atoms with E-state index in [1.54, 1.807) is 30.5 Å². The molecule has 0 saturated heterocycles. The molecule has 2 N–H and O–H groups in total. The van der Waals surface area contributed by atoms with E-state index in [0.717, 1.165) is 17.1 Å². The summed E-state index contributed by atoms with van der Waals surface area (Å²) in [5, 5.41) is 9.02. The molecular formula is C13H15ClN4OS. The number of halogens is 1. The minimum absolute atomic E-state index is 0.168. The third-order valence-electron chi connectivity index (χ3n) is 2.60. The summed E-state index contributed by atoms with van der Waals surface area (Å²) in [4.78, 5) is 20.4. The zero-order valence-electron chi connectivity index (χ0n) is 11.2. The van der Waals surface area contributed by atoms with Crippen LogP contribution in [-0.4, -0.2) is 29.5 Å². The number of aryl methyl sites for hydroxylation is 1. The number of nitrogens with zero attached hydrogens (tertiary/aromatic N) is 2. The van der Waals surface area contributed by atoms with Gasteiger partial charge in [0.1, 0.15) is 11.0 Å². The summed E-state index contributed by atoms with van der Waals surface area (Å²) < 4.78 is 0. The Morgan fingerprint density at radius 1 is 1.40 bits per heavy atom. The van der Waals surface area contributed by atoms with Crippen molar-refractivity contribution < 1.29 is 4.79 Å². The summed E-state index contributed by atoms with van der Waals surface area (Å²) in [6.07, 6.45) is 0.724. The third-order valence-corrected chi connectivity index (χ3v) is 3.82. The Bertz CT molecular complexity index is 614. The van der Waals surface area contributed by atoms with Gasteiger partial charge in [-0.15, -0.1) is 11.3 Å². The number of carbonyl (C=O) groups is 1. The first kappa shape index (κ1) is 14.7. The molecule has 0 unspecified atom stereocenters. The summed E-state index contributed by atoms with van der Waals surface area (Å²) >= 11 is 7.47. The number of hydrogen-bond acceptors (Lipinski definition) is 5. The molecule has 2 aromatic rings. The van der Waals surface area contributed by atoms with Crippen LogP contribution in [0.5, 0.6) is 0 Å². The smallest absolute Gasteiger partial charge is 0.251 e. The fourth-order valence-corrected chi connectivity index (χ4v) is 2.64. The van der Waals surface area contributed by atoms with Crippen molar-refractivity contribution in [2.24, 2.45) is 0 Å². The first-order valence-electron chi connectivity index (χ1n) is 6.13. The predicted molar refractivity (Wildman–Crippen MR) is 81.7 cm³/mol. The van der Waals surface area contributed by atoms with Crippen molar-refractivity contribution in [2.75, 3.05) is 18.9 Å². The Labute approximate surface area is 126 Å². The highest BCUT2D eigenvalue weighted by molar-refractivity contribution is 7.09. The van der Waals surface area contributed by atoms with Gasteiger partial charge in [-0.3, -0.25) is 4.79 Å². The highest BCUT2D eigenvalue weighted by Gasteiger charge is 2.09. The zero-order chi connectivity index (χ0) is 14.5. The average Bonchev–Trinajstić information content (AvgIpc) is 2.83. The summed E-state index contributed by atoms with van der Waals surface area (Å²) in [5.41, 5.74) is 1.50. The molecule has 2 aromatic heterocycles. The van der Waals surface area contributed by atoms with Crippen LogP contribution in [-0.2, 0) is 6.42 Å². The average molecular weight is 311 g/mol. The number of anilines is 1. The van der Waals surface area contributed by atoms with Gasteiger partial charge in [-0.05, 0) is 19.1 Å². The lowest BCUT2D eigenvalue weighted by molar-refractivity contribution is 0.0954. The van der Waals surface area contributed by atoms with Crippen LogP contribution in [0.1, 0.15) is 21.1 Å². The molecule has 2 rings (SSSR count). The molecule has 0 aromatic carbocycles. The maximum atomic E-state index is 12.0. The Balaban J connectivity index is 1.93. The number of aromatic nitrogens is 2. The molecule has 0 aliphatic heterocycles. The van der Waals surface area contributed by atoms with Gasteiger partial charge in [-0.25, -0.2) is 9.97 Å². The van der Waals surface area contributed by atoms with Crippen LogP contribution in [0.3, 0.4) is 0 Å². The highest BCUT2D eigenvalue weighted by Crippen LogP contribution is 2.14. The Hall–Kier alpha value is -1.66. The highest BCUT2D eigenvalue weighted by atomic mass is 35.5. The van der Waals surface area contributed by atoms with Crippen LogP contribution in [0.4, 0.5) is 5.82 Å². The van der Waals surface area contributed by atoms with Crippen molar-refractivity contribution in [1.29, 1.82) is 0 Å². The lowest BCUT2D eigenvalue weighted by atomic mass is 10.2. The Kier molecular flexibility index (Phi) is 4.92. The topological polar surface area (TPSA) is 66.9 Å². The summed E-state index contributed by atoms with van der Waals surface area (Å²) in [5.74, 6) is 0.400. The molecule has 5 nitrogen and oxygen atoms in total. The molecule has 0 spiro atoms. The minimum Gasteiger partial charge on any atom is -0.373 e. The normalized spacial score (nSPS) is 10.3. The summed E-state index contributed by atoms with van der Waals surface area (Å²) in [6.45, 7) is 2.50. The van der Waals surface area contributed by atoms with Crippen molar-refractivity contribution in [3.05, 3.63) is 38.9 Å². The molecule has 0 bridgehead atoms. The molecule has 2 heterocycles. The van der Waals surface area contributed by atoms with Crippen LogP contribution >= 0.6 is 22.9 Å². The SMILES string of the molecule is CNc1cc(C(=O)NCCc2nc(C)cs2)cc(Cl)n1. The van der Waals surface area contributed by atoms with E-state index in [9.17, 15) is 4.79 Å². The van der Waals surface area contributed by atoms with Gasteiger partial charge in [-0.2, -0.15) is 0 Å². The van der Waals surface area contributed by atoms with Gasteiger partial charge in [0.15, 0.2) is 0 Å². The predicted octanol–water partition coefficient (Wildman–Crippen LogP) is 2.51. The number of hydrogen-bond donors (Lipinski definition) is 2. The number of carbonyl (C=O) groups excluding carboxylic acids is 1. The van der Waals surface area contributed by atoms with E-state index in [1.165, 1.54) is 0 Å². The van der Waals surface area contributed by atoms with Gasteiger partial charge < -0.3 is 10.6 Å². The number of nitrogens with one attached hydrogen (secondary N) is 2. The Morgan fingerprint density at radius 2 is 2.20 bits per heavy atom. The quantitative estimate of drug-likeness (QED) is 0.833. The molecular weight excluding hydrogens is 296 g/mol. The number of amides is 1. The molecule has 0 atom stereocenters. The lowest BCUT2D eigenvalue weighted by Gasteiger charge is -2.06. The van der Waals surface area contributed by atoms with Crippen LogP contribution in [0, 0.1) is 6.92 Å². The zero-order valence-corrected chi connectivity index (χ0v) is 12.8. The molecule has 0 aliphatic carbocycles. The molecule has 0 radical (unpaired) electrons. The van der Waals surface area contributed by atoms with Crippen LogP contribution < -0.4 is 10.6 Å². The second-order valence-corrected chi connectivity index (χ2v) is 5.53. The second kappa shape index (κ2) is 6.67. The van der Waals surface area contributed by atoms with Crippen molar-refractivity contribution in [1.82, 2.24) is 15.3 Å². The molecule has 1 amide bonds. The number of rotatable bonds is 5. The van der Waals surface area contributed by atoms with Gasteiger partial charge in [0.2, 0.25) is 0 Å². The van der Waals surface area contributed by atoms with E-state index < -0.39 is 0 Å². The molecule has 0 saturated carbocycles. The lowest BCUT2D eigenvalue weighted by Crippen LogP contribution is -2.25. The van der Waals surface area contributed by atoms with E-state index >= 15 is 0 Å². The molecule has 0 aliphatic rings. The van der Waals surface area contributed by atoms with E-state index in [0.29, 0.717) is 17.9 Å². The van der Waals surface area contributed by atoms with Crippen molar-refractivity contribution >= 4 is 34.7 Å². The van der Waals surface area contributed by atoms with Crippen molar-refractivity contribution in [3.63, 3.8) is 0 Å². The van der Waals surface area contributed by atoms with Crippen LogP contribution in [0.25, 0.3) is 0 Å². The number of pyridine rings is 1. The number of thiazole rings is 1. The van der Waals surface area contributed by atoms with Crippen LogP contribution in [0.15, 0.2) is 17.5 Å². The van der Waals surface area contributed by atoms with E-state index in [-0.39, 0.29) is 11.1 Å². The van der Waals surface area contributed by atoms with E-state index in [4.69, 9.17) is 11.6 Å². The molecule has 20 heavy (non-hydrogen) atoms. The fraction of sp³-hybridized carbons (Fsp3) is 0.308. The fourth-order valence-electron chi connectivity index (χ4n) is 1.66. The van der Waals surface area contributed by atoms with Crippen LogP contribution in [0.2, 0.25) is 5.15 Å². The first-order chi connectivity index (χ1) is 9.58. The van der Waals surface area contributed by atoms with Gasteiger partial charge in [0, 0.05) is 36.7 Å². The minimum atomic E-state index is -0.168. The summed E-state index contributed by atoms with van der Waals surface area (Å²) in [7, 11) is 1.73. The Morgan fingerprint density at radius 3 is 2.85 bits per heavy atom. The van der Waals surface area contributed by atoms with Crippen molar-refractivity contribution in [3.8, 4) is 0 Å². The molecule has 0 fully saturated rings. The largest absolute Gasteiger partial charge is 0.373 e. The molecule has 7 heteroatoms. The second-order valence-electron chi connectivity index (χ2n) is 4.20. The maximum absolute atomic E-state index is 12.0.